The van der Waals surface area contributed by atoms with E-state index in [1.807, 2.05) is 0 Å². The minimum absolute atomic E-state index is 0.121. The summed E-state index contributed by atoms with van der Waals surface area (Å²) in [6.07, 6.45) is 3.79. The smallest absolute Gasteiger partial charge is 0.338 e. The van der Waals surface area contributed by atoms with E-state index in [1.54, 1.807) is 0 Å². The molecule has 1 rings (SSSR count). The standard InChI is InChI=1S/C20H30O7/c1-25-14-15-27-20(24)18-8-6-17(7-9-18)19(23)26-13-3-5-16(10-12-22)4-2-11-21/h6-9,16,21-22H,2-5,10-15H2,1H3. The van der Waals surface area contributed by atoms with Crippen LogP contribution in [0.25, 0.3) is 0 Å². The van der Waals surface area contributed by atoms with Crippen molar-refractivity contribution in [3.8, 4) is 0 Å². The molecule has 0 saturated carbocycles. The SMILES string of the molecule is COCCOC(=O)c1ccc(C(=O)OCCCC(CCO)CCCO)cc1. The Morgan fingerprint density at radius 2 is 1.37 bits per heavy atom. The average Bonchev–Trinajstić information content (AvgIpc) is 2.69. The summed E-state index contributed by atoms with van der Waals surface area (Å²) < 4.78 is 15.1. The summed E-state index contributed by atoms with van der Waals surface area (Å²) in [6.45, 7) is 1.06. The Kier molecular flexibility index (Phi) is 12.1. The van der Waals surface area contributed by atoms with Crippen molar-refractivity contribution in [3.05, 3.63) is 35.4 Å². The average molecular weight is 382 g/mol. The first-order chi connectivity index (χ1) is 13.1. The van der Waals surface area contributed by atoms with Crippen LogP contribution < -0.4 is 0 Å². The molecular formula is C20H30O7. The molecule has 7 nitrogen and oxygen atoms in total. The van der Waals surface area contributed by atoms with Crippen molar-refractivity contribution in [1.82, 2.24) is 0 Å². The van der Waals surface area contributed by atoms with E-state index in [-0.39, 0.29) is 19.8 Å². The Morgan fingerprint density at radius 3 is 1.89 bits per heavy atom. The Bertz CT molecular complexity index is 542. The molecule has 7 heteroatoms. The second kappa shape index (κ2) is 14.1. The predicted molar refractivity (Wildman–Crippen MR) is 99.6 cm³/mol. The number of rotatable bonds is 14. The van der Waals surface area contributed by atoms with Crippen LogP contribution >= 0.6 is 0 Å². The molecule has 1 unspecified atom stereocenters. The highest BCUT2D eigenvalue weighted by Crippen LogP contribution is 2.17. The molecule has 0 aliphatic heterocycles. The minimum Gasteiger partial charge on any atom is -0.462 e. The number of carbonyl (C=O) groups excluding carboxylic acids is 2. The summed E-state index contributed by atoms with van der Waals surface area (Å²) in [5.74, 6) is -0.586. The van der Waals surface area contributed by atoms with Gasteiger partial charge in [-0.15, -0.1) is 0 Å². The van der Waals surface area contributed by atoms with E-state index in [1.165, 1.54) is 31.4 Å². The van der Waals surface area contributed by atoms with E-state index in [0.29, 0.717) is 49.5 Å². The molecule has 0 aliphatic rings. The van der Waals surface area contributed by atoms with Crippen LogP contribution in [0.4, 0.5) is 0 Å². The first-order valence-corrected chi connectivity index (χ1v) is 9.27. The maximum absolute atomic E-state index is 12.1. The van der Waals surface area contributed by atoms with Crippen molar-refractivity contribution in [2.75, 3.05) is 40.1 Å². The van der Waals surface area contributed by atoms with Crippen LogP contribution in [0.1, 0.15) is 52.8 Å². The molecule has 0 heterocycles. The fourth-order valence-electron chi connectivity index (χ4n) is 2.66. The molecule has 0 bridgehead atoms. The zero-order chi connectivity index (χ0) is 19.9. The molecule has 1 aromatic rings. The van der Waals surface area contributed by atoms with Crippen molar-refractivity contribution >= 4 is 11.9 Å². The number of esters is 2. The number of methoxy groups -OCH3 is 1. The van der Waals surface area contributed by atoms with Gasteiger partial charge in [-0.3, -0.25) is 0 Å². The summed E-state index contributed by atoms with van der Waals surface area (Å²) in [7, 11) is 1.52. The topological polar surface area (TPSA) is 102 Å². The number of hydrogen-bond donors (Lipinski definition) is 2. The third-order valence-corrected chi connectivity index (χ3v) is 4.17. The molecule has 0 radical (unpaired) electrons. The third kappa shape index (κ3) is 9.51. The molecule has 0 amide bonds. The minimum atomic E-state index is -0.468. The van der Waals surface area contributed by atoms with Crippen molar-refractivity contribution in [1.29, 1.82) is 0 Å². The van der Waals surface area contributed by atoms with Gasteiger partial charge in [-0.1, -0.05) is 0 Å². The normalized spacial score (nSPS) is 11.8. The summed E-state index contributed by atoms with van der Waals surface area (Å²) in [5.41, 5.74) is 0.731. The molecular weight excluding hydrogens is 352 g/mol. The second-order valence-electron chi connectivity index (χ2n) is 6.23. The number of carbonyl (C=O) groups is 2. The molecule has 0 aliphatic carbocycles. The summed E-state index contributed by atoms with van der Waals surface area (Å²) >= 11 is 0. The lowest BCUT2D eigenvalue weighted by Gasteiger charge is -2.15. The van der Waals surface area contributed by atoms with Gasteiger partial charge in [0.15, 0.2) is 0 Å². The van der Waals surface area contributed by atoms with Gasteiger partial charge in [0.1, 0.15) is 6.61 Å². The quantitative estimate of drug-likeness (QED) is 0.376. The van der Waals surface area contributed by atoms with E-state index in [2.05, 4.69) is 0 Å². The Balaban J connectivity index is 2.36. The Hall–Kier alpha value is -1.96. The van der Waals surface area contributed by atoms with Crippen molar-refractivity contribution in [3.63, 3.8) is 0 Å². The lowest BCUT2D eigenvalue weighted by Crippen LogP contribution is -2.11. The Labute approximate surface area is 160 Å². The van der Waals surface area contributed by atoms with Crippen molar-refractivity contribution in [2.24, 2.45) is 5.92 Å². The van der Waals surface area contributed by atoms with Crippen molar-refractivity contribution in [2.45, 2.75) is 32.1 Å². The summed E-state index contributed by atoms with van der Waals surface area (Å²) in [5, 5.41) is 18.0. The summed E-state index contributed by atoms with van der Waals surface area (Å²) in [6, 6.07) is 6.12. The number of benzene rings is 1. The number of aliphatic hydroxyl groups excluding tert-OH is 2. The highest BCUT2D eigenvalue weighted by molar-refractivity contribution is 5.93. The van der Waals surface area contributed by atoms with Gasteiger partial charge >= 0.3 is 11.9 Å². The monoisotopic (exact) mass is 382 g/mol. The zero-order valence-electron chi connectivity index (χ0n) is 15.9. The highest BCUT2D eigenvalue weighted by atomic mass is 16.6. The van der Waals surface area contributed by atoms with Gasteiger partial charge in [0.25, 0.3) is 0 Å². The van der Waals surface area contributed by atoms with E-state index >= 15 is 0 Å². The van der Waals surface area contributed by atoms with Crippen LogP contribution in [-0.2, 0) is 14.2 Å². The maximum atomic E-state index is 12.1. The molecule has 0 saturated heterocycles. The fourth-order valence-corrected chi connectivity index (χ4v) is 2.66. The van der Waals surface area contributed by atoms with Gasteiger partial charge in [0.2, 0.25) is 0 Å². The van der Waals surface area contributed by atoms with E-state index in [4.69, 9.17) is 24.4 Å². The highest BCUT2D eigenvalue weighted by Gasteiger charge is 2.12. The van der Waals surface area contributed by atoms with Crippen LogP contribution in [-0.4, -0.2) is 62.3 Å². The van der Waals surface area contributed by atoms with Gasteiger partial charge in [-0.25, -0.2) is 9.59 Å². The Morgan fingerprint density at radius 1 is 0.815 bits per heavy atom. The predicted octanol–water partition coefficient (Wildman–Crippen LogP) is 2.20. The number of hydrogen-bond acceptors (Lipinski definition) is 7. The van der Waals surface area contributed by atoms with E-state index in [0.717, 1.165) is 12.8 Å². The van der Waals surface area contributed by atoms with Crippen molar-refractivity contribution < 1.29 is 34.0 Å². The van der Waals surface area contributed by atoms with E-state index < -0.39 is 11.9 Å². The maximum Gasteiger partial charge on any atom is 0.338 e. The first kappa shape index (κ1) is 23.1. The van der Waals surface area contributed by atoms with Crippen LogP contribution in [0.15, 0.2) is 24.3 Å². The molecule has 0 fully saturated rings. The lowest BCUT2D eigenvalue weighted by atomic mass is 9.95. The van der Waals surface area contributed by atoms with Crippen LogP contribution in [0.5, 0.6) is 0 Å². The van der Waals surface area contributed by atoms with E-state index in [9.17, 15) is 9.59 Å². The van der Waals surface area contributed by atoms with Gasteiger partial charge in [-0.2, -0.15) is 0 Å². The number of ether oxygens (including phenoxy) is 3. The van der Waals surface area contributed by atoms with Gasteiger partial charge < -0.3 is 24.4 Å². The summed E-state index contributed by atoms with van der Waals surface area (Å²) in [4.78, 5) is 23.8. The van der Waals surface area contributed by atoms with Crippen LogP contribution in [0, 0.1) is 5.92 Å². The second-order valence-corrected chi connectivity index (χ2v) is 6.23. The third-order valence-electron chi connectivity index (χ3n) is 4.17. The van der Waals surface area contributed by atoms with Gasteiger partial charge in [0.05, 0.1) is 24.3 Å². The molecule has 1 atom stereocenters. The zero-order valence-corrected chi connectivity index (χ0v) is 15.9. The van der Waals surface area contributed by atoms with Gasteiger partial charge in [0, 0.05) is 20.3 Å². The molecule has 0 spiro atoms. The first-order valence-electron chi connectivity index (χ1n) is 9.27. The number of aliphatic hydroxyl groups is 2. The molecule has 2 N–H and O–H groups in total. The fraction of sp³-hybridized carbons (Fsp3) is 0.600. The van der Waals surface area contributed by atoms with Crippen LogP contribution in [0.3, 0.4) is 0 Å². The molecule has 27 heavy (non-hydrogen) atoms. The molecule has 0 aromatic heterocycles. The van der Waals surface area contributed by atoms with Gasteiger partial charge in [-0.05, 0) is 62.3 Å². The van der Waals surface area contributed by atoms with Crippen LogP contribution in [0.2, 0.25) is 0 Å². The lowest BCUT2D eigenvalue weighted by molar-refractivity contribution is 0.0386. The largest absolute Gasteiger partial charge is 0.462 e. The molecule has 152 valence electrons. The molecule has 1 aromatic carbocycles.